The number of halogens is 3. The number of rotatable bonds is 7. The van der Waals surface area contributed by atoms with Gasteiger partial charge in [-0.25, -0.2) is 10.3 Å². The van der Waals surface area contributed by atoms with Gasteiger partial charge in [0.1, 0.15) is 5.60 Å². The lowest BCUT2D eigenvalue weighted by molar-refractivity contribution is -0.138. The average Bonchev–Trinajstić information content (AvgIpc) is 2.53. The standard InChI is InChI=1S/C19H27F3N2O4/c1-6-15(13-8-7-9-14(10-13)19(20,21)22)16(25)24-27-11-12(2)23-17(26)28-18(3,4)5/h7-10,12,15H,6,11H2,1-5H3,(H,23,26)(H,24,25)/t12-,15+/m0/s1. The molecule has 1 aromatic rings. The van der Waals surface area contributed by atoms with Crippen molar-refractivity contribution in [3.8, 4) is 0 Å². The lowest BCUT2D eigenvalue weighted by atomic mass is 9.94. The van der Waals surface area contributed by atoms with Crippen molar-refractivity contribution in [3.63, 3.8) is 0 Å². The molecule has 6 nitrogen and oxygen atoms in total. The SMILES string of the molecule is CC[C@@H](C(=O)NOC[C@H](C)NC(=O)OC(C)(C)C)c1cccc(C(F)(F)F)c1. The van der Waals surface area contributed by atoms with Crippen LogP contribution in [0.15, 0.2) is 24.3 Å². The van der Waals surface area contributed by atoms with Crippen molar-refractivity contribution in [1.82, 2.24) is 10.8 Å². The Kier molecular flexibility index (Phi) is 8.29. The van der Waals surface area contributed by atoms with Crippen LogP contribution < -0.4 is 10.8 Å². The molecular weight excluding hydrogens is 377 g/mol. The predicted molar refractivity (Wildman–Crippen MR) is 97.4 cm³/mol. The van der Waals surface area contributed by atoms with Gasteiger partial charge in [0, 0.05) is 0 Å². The van der Waals surface area contributed by atoms with Gasteiger partial charge in [0.15, 0.2) is 0 Å². The number of hydroxylamine groups is 1. The van der Waals surface area contributed by atoms with Gasteiger partial charge in [0.05, 0.1) is 24.1 Å². The van der Waals surface area contributed by atoms with E-state index < -0.39 is 41.3 Å². The van der Waals surface area contributed by atoms with E-state index in [0.29, 0.717) is 6.42 Å². The first-order chi connectivity index (χ1) is 12.8. The van der Waals surface area contributed by atoms with Crippen LogP contribution in [0.5, 0.6) is 0 Å². The average molecular weight is 404 g/mol. The first kappa shape index (κ1) is 23.7. The third-order valence-electron chi connectivity index (χ3n) is 3.61. The summed E-state index contributed by atoms with van der Waals surface area (Å²) in [5.74, 6) is -1.36. The van der Waals surface area contributed by atoms with Crippen LogP contribution in [0.25, 0.3) is 0 Å². The third-order valence-corrected chi connectivity index (χ3v) is 3.61. The zero-order chi connectivity index (χ0) is 21.5. The van der Waals surface area contributed by atoms with Crippen LogP contribution in [-0.4, -0.2) is 30.3 Å². The number of amides is 2. The number of hydrogen-bond donors (Lipinski definition) is 2. The summed E-state index contributed by atoms with van der Waals surface area (Å²) < 4.78 is 43.7. The number of carbonyl (C=O) groups is 2. The van der Waals surface area contributed by atoms with Gasteiger partial charge in [-0.1, -0.05) is 25.1 Å². The Morgan fingerprint density at radius 2 is 1.82 bits per heavy atom. The summed E-state index contributed by atoms with van der Waals surface area (Å²) in [4.78, 5) is 29.0. The molecule has 0 heterocycles. The second-order valence-electron chi connectivity index (χ2n) is 7.41. The molecule has 158 valence electrons. The van der Waals surface area contributed by atoms with Crippen LogP contribution >= 0.6 is 0 Å². The van der Waals surface area contributed by atoms with Crippen molar-refractivity contribution < 1.29 is 32.3 Å². The summed E-state index contributed by atoms with van der Waals surface area (Å²) in [6, 6.07) is 4.19. The van der Waals surface area contributed by atoms with Crippen molar-refractivity contribution in [1.29, 1.82) is 0 Å². The Hall–Kier alpha value is -2.29. The molecule has 0 aliphatic rings. The van der Waals surface area contributed by atoms with E-state index in [0.717, 1.165) is 12.1 Å². The molecule has 0 unspecified atom stereocenters. The Morgan fingerprint density at radius 3 is 2.36 bits per heavy atom. The minimum atomic E-state index is -4.48. The molecule has 0 radical (unpaired) electrons. The van der Waals surface area contributed by atoms with Crippen molar-refractivity contribution in [2.24, 2.45) is 0 Å². The Bertz CT molecular complexity index is 672. The highest BCUT2D eigenvalue weighted by molar-refractivity contribution is 5.82. The van der Waals surface area contributed by atoms with Crippen LogP contribution in [0.4, 0.5) is 18.0 Å². The van der Waals surface area contributed by atoms with Crippen molar-refractivity contribution in [2.75, 3.05) is 6.61 Å². The summed E-state index contributed by atoms with van der Waals surface area (Å²) in [5.41, 5.74) is 1.03. The molecule has 0 bridgehead atoms. The summed E-state index contributed by atoms with van der Waals surface area (Å²) in [6.45, 7) is 8.49. The Labute approximate surface area is 162 Å². The summed E-state index contributed by atoms with van der Waals surface area (Å²) >= 11 is 0. The first-order valence-corrected chi connectivity index (χ1v) is 8.91. The maximum Gasteiger partial charge on any atom is 0.416 e. The van der Waals surface area contributed by atoms with Crippen molar-refractivity contribution >= 4 is 12.0 Å². The molecule has 0 saturated carbocycles. The zero-order valence-corrected chi connectivity index (χ0v) is 16.6. The molecule has 2 amide bonds. The number of alkyl carbamates (subject to hydrolysis) is 1. The van der Waals surface area contributed by atoms with E-state index in [2.05, 4.69) is 10.8 Å². The fourth-order valence-corrected chi connectivity index (χ4v) is 2.36. The van der Waals surface area contributed by atoms with Gasteiger partial charge < -0.3 is 10.1 Å². The lowest BCUT2D eigenvalue weighted by Gasteiger charge is -2.22. The molecule has 0 spiro atoms. The number of benzene rings is 1. The number of ether oxygens (including phenoxy) is 1. The van der Waals surface area contributed by atoms with Crippen LogP contribution in [0.3, 0.4) is 0 Å². The number of alkyl halides is 3. The molecule has 0 fully saturated rings. The second kappa shape index (κ2) is 9.77. The fourth-order valence-electron chi connectivity index (χ4n) is 2.36. The van der Waals surface area contributed by atoms with E-state index in [1.807, 2.05) is 0 Å². The molecule has 2 atom stereocenters. The van der Waals surface area contributed by atoms with E-state index >= 15 is 0 Å². The largest absolute Gasteiger partial charge is 0.444 e. The molecule has 9 heteroatoms. The van der Waals surface area contributed by atoms with Crippen molar-refractivity contribution in [3.05, 3.63) is 35.4 Å². The van der Waals surface area contributed by atoms with E-state index in [1.54, 1.807) is 34.6 Å². The topological polar surface area (TPSA) is 76.7 Å². The monoisotopic (exact) mass is 404 g/mol. The van der Waals surface area contributed by atoms with Gasteiger partial charge >= 0.3 is 12.3 Å². The van der Waals surface area contributed by atoms with Gasteiger partial charge in [-0.3, -0.25) is 9.63 Å². The van der Waals surface area contributed by atoms with Crippen LogP contribution in [0.1, 0.15) is 58.1 Å². The maximum absolute atomic E-state index is 12.9. The second-order valence-corrected chi connectivity index (χ2v) is 7.41. The highest BCUT2D eigenvalue weighted by atomic mass is 19.4. The molecular formula is C19H27F3N2O4. The van der Waals surface area contributed by atoms with Gasteiger partial charge in [0.25, 0.3) is 5.91 Å². The quantitative estimate of drug-likeness (QED) is 0.669. The number of carbonyl (C=O) groups excluding carboxylic acids is 2. The number of hydrogen-bond acceptors (Lipinski definition) is 4. The molecule has 0 aliphatic heterocycles. The normalized spacial score (nSPS) is 14.1. The van der Waals surface area contributed by atoms with E-state index in [9.17, 15) is 22.8 Å². The molecule has 0 saturated heterocycles. The summed E-state index contributed by atoms with van der Waals surface area (Å²) in [7, 11) is 0. The van der Waals surface area contributed by atoms with Gasteiger partial charge in [-0.2, -0.15) is 13.2 Å². The molecule has 2 N–H and O–H groups in total. The minimum Gasteiger partial charge on any atom is -0.444 e. The van der Waals surface area contributed by atoms with Crippen molar-refractivity contribution in [2.45, 2.75) is 64.8 Å². The highest BCUT2D eigenvalue weighted by Gasteiger charge is 2.31. The summed E-state index contributed by atoms with van der Waals surface area (Å²) in [5, 5.41) is 2.55. The third kappa shape index (κ3) is 8.16. The van der Waals surface area contributed by atoms with Crippen LogP contribution in [0.2, 0.25) is 0 Å². The fraction of sp³-hybridized carbons (Fsp3) is 0.579. The zero-order valence-electron chi connectivity index (χ0n) is 16.6. The van der Waals surface area contributed by atoms with Gasteiger partial charge in [-0.15, -0.1) is 0 Å². The first-order valence-electron chi connectivity index (χ1n) is 8.91. The smallest absolute Gasteiger partial charge is 0.416 e. The predicted octanol–water partition coefficient (Wildman–Crippen LogP) is 4.16. The van der Waals surface area contributed by atoms with Crippen LogP contribution in [-0.2, 0) is 20.5 Å². The van der Waals surface area contributed by atoms with E-state index in [4.69, 9.17) is 9.57 Å². The van der Waals surface area contributed by atoms with E-state index in [-0.39, 0.29) is 12.2 Å². The molecule has 0 aliphatic carbocycles. The minimum absolute atomic E-state index is 0.0377. The molecule has 1 rings (SSSR count). The maximum atomic E-state index is 12.9. The van der Waals surface area contributed by atoms with E-state index in [1.165, 1.54) is 12.1 Å². The molecule has 1 aromatic carbocycles. The molecule has 0 aromatic heterocycles. The summed E-state index contributed by atoms with van der Waals surface area (Å²) in [6.07, 6.45) is -4.81. The Balaban J connectivity index is 2.58. The van der Waals surface area contributed by atoms with Gasteiger partial charge in [0.2, 0.25) is 0 Å². The van der Waals surface area contributed by atoms with Gasteiger partial charge in [-0.05, 0) is 45.7 Å². The van der Waals surface area contributed by atoms with Crippen LogP contribution in [0, 0.1) is 0 Å². The molecule has 28 heavy (non-hydrogen) atoms. The lowest BCUT2D eigenvalue weighted by Crippen LogP contribution is -2.41. The number of nitrogens with one attached hydrogen (secondary N) is 2. The highest BCUT2D eigenvalue weighted by Crippen LogP contribution is 2.31. The Morgan fingerprint density at radius 1 is 1.18 bits per heavy atom.